The van der Waals surface area contributed by atoms with Gasteiger partial charge in [-0.05, 0) is 29.0 Å². The molecule has 0 amide bonds. The van der Waals surface area contributed by atoms with Crippen molar-refractivity contribution in [1.82, 2.24) is 35.1 Å². The van der Waals surface area contributed by atoms with E-state index in [9.17, 15) is 0 Å². The summed E-state index contributed by atoms with van der Waals surface area (Å²) in [6.45, 7) is 7.00. The highest BCUT2D eigenvalue weighted by Crippen LogP contribution is 2.16. The van der Waals surface area contributed by atoms with Crippen molar-refractivity contribution in [3.8, 4) is 0 Å². The van der Waals surface area contributed by atoms with E-state index < -0.39 is 0 Å². The zero-order chi connectivity index (χ0) is 15.6. The topological polar surface area (TPSA) is 75.3 Å². The van der Waals surface area contributed by atoms with Gasteiger partial charge < -0.3 is 4.90 Å². The van der Waals surface area contributed by atoms with Gasteiger partial charge in [0.05, 0.1) is 10.7 Å². The lowest BCUT2D eigenvalue weighted by atomic mass is 10.3. The minimum absolute atomic E-state index is 0.669. The van der Waals surface area contributed by atoms with E-state index in [2.05, 4.69) is 47.7 Å². The van der Waals surface area contributed by atoms with E-state index in [4.69, 9.17) is 0 Å². The number of rotatable bonds is 4. The van der Waals surface area contributed by atoms with E-state index in [-0.39, 0.29) is 0 Å². The monoisotopic (exact) mass is 330 g/mol. The predicted octanol–water partition coefficient (Wildman–Crippen LogP) is 0.860. The van der Waals surface area contributed by atoms with Crippen LogP contribution < -0.4 is 4.90 Å². The number of hydrogen-bond acceptors (Lipinski definition) is 8. The molecule has 23 heavy (non-hydrogen) atoms. The van der Waals surface area contributed by atoms with Gasteiger partial charge in [0.1, 0.15) is 0 Å². The van der Waals surface area contributed by atoms with Crippen LogP contribution in [0.5, 0.6) is 0 Å². The standard InChI is InChI=1S/C14H18N8S/c1-2-14-15-11(10-23-14)9-20-5-7-21(8-6-20)13-4-3-12-16-18-19-22(12)17-13/h3-4,10H,2,5-9H2,1H3. The number of fused-ring (bicyclic) bond motifs is 1. The SMILES string of the molecule is CCc1nc(CN2CCN(c3ccc4nnnn4n3)CC2)cs1. The number of piperazine rings is 1. The second-order valence-electron chi connectivity index (χ2n) is 5.57. The molecule has 4 rings (SSSR count). The van der Waals surface area contributed by atoms with Gasteiger partial charge in [0.25, 0.3) is 0 Å². The van der Waals surface area contributed by atoms with Crippen LogP contribution in [0.3, 0.4) is 0 Å². The molecule has 120 valence electrons. The minimum Gasteiger partial charge on any atom is -0.353 e. The Morgan fingerprint density at radius 2 is 2.04 bits per heavy atom. The Bertz CT molecular complexity index is 789. The number of anilines is 1. The quantitative estimate of drug-likeness (QED) is 0.702. The van der Waals surface area contributed by atoms with Crippen molar-refractivity contribution in [2.75, 3.05) is 31.1 Å². The summed E-state index contributed by atoms with van der Waals surface area (Å²) in [6, 6.07) is 3.88. The van der Waals surface area contributed by atoms with Crippen molar-refractivity contribution in [1.29, 1.82) is 0 Å². The highest BCUT2D eigenvalue weighted by atomic mass is 32.1. The van der Waals surface area contributed by atoms with Gasteiger partial charge in [-0.3, -0.25) is 4.90 Å². The number of aromatic nitrogens is 6. The molecule has 0 bridgehead atoms. The summed E-state index contributed by atoms with van der Waals surface area (Å²) in [4.78, 5) is 9.37. The number of aryl methyl sites for hydroxylation is 1. The molecule has 1 aliphatic rings. The lowest BCUT2D eigenvalue weighted by molar-refractivity contribution is 0.246. The fourth-order valence-corrected chi connectivity index (χ4v) is 3.49. The smallest absolute Gasteiger partial charge is 0.200 e. The van der Waals surface area contributed by atoms with E-state index in [0.29, 0.717) is 5.65 Å². The Morgan fingerprint density at radius 1 is 1.17 bits per heavy atom. The normalized spacial score (nSPS) is 16.3. The molecule has 9 heteroatoms. The average Bonchev–Trinajstić information content (AvgIpc) is 3.23. The maximum atomic E-state index is 4.65. The second-order valence-corrected chi connectivity index (χ2v) is 6.51. The first-order valence-electron chi connectivity index (χ1n) is 7.78. The predicted molar refractivity (Wildman–Crippen MR) is 87.6 cm³/mol. The van der Waals surface area contributed by atoms with E-state index in [0.717, 1.165) is 45.0 Å². The zero-order valence-electron chi connectivity index (χ0n) is 13.0. The van der Waals surface area contributed by atoms with Crippen LogP contribution in [0.25, 0.3) is 5.65 Å². The van der Waals surface area contributed by atoms with Crippen LogP contribution in [0.1, 0.15) is 17.6 Å². The minimum atomic E-state index is 0.669. The van der Waals surface area contributed by atoms with Gasteiger partial charge in [-0.1, -0.05) is 6.92 Å². The van der Waals surface area contributed by atoms with Gasteiger partial charge in [0.15, 0.2) is 11.5 Å². The van der Waals surface area contributed by atoms with Crippen LogP contribution in [-0.4, -0.2) is 61.3 Å². The van der Waals surface area contributed by atoms with Gasteiger partial charge in [-0.15, -0.1) is 26.2 Å². The van der Waals surface area contributed by atoms with Gasteiger partial charge in [-0.25, -0.2) is 4.98 Å². The maximum absolute atomic E-state index is 4.65. The van der Waals surface area contributed by atoms with E-state index >= 15 is 0 Å². The first-order chi connectivity index (χ1) is 11.3. The third-order valence-electron chi connectivity index (χ3n) is 4.04. The first kappa shape index (κ1) is 14.5. The first-order valence-corrected chi connectivity index (χ1v) is 8.66. The van der Waals surface area contributed by atoms with Crippen LogP contribution in [-0.2, 0) is 13.0 Å². The lowest BCUT2D eigenvalue weighted by Crippen LogP contribution is -2.46. The van der Waals surface area contributed by atoms with Gasteiger partial charge in [-0.2, -0.15) is 0 Å². The number of nitrogens with zero attached hydrogens (tertiary/aromatic N) is 8. The number of tetrazole rings is 1. The molecule has 4 heterocycles. The van der Waals surface area contributed by atoms with Crippen LogP contribution in [0.15, 0.2) is 17.5 Å². The fourth-order valence-electron chi connectivity index (χ4n) is 2.76. The van der Waals surface area contributed by atoms with Crippen molar-refractivity contribution < 1.29 is 0 Å². The van der Waals surface area contributed by atoms with Crippen LogP contribution in [0.2, 0.25) is 0 Å². The molecule has 8 nitrogen and oxygen atoms in total. The third kappa shape index (κ3) is 3.02. The molecule has 1 aliphatic heterocycles. The fraction of sp³-hybridized carbons (Fsp3) is 0.500. The van der Waals surface area contributed by atoms with Crippen molar-refractivity contribution in [2.45, 2.75) is 19.9 Å². The number of thiazole rings is 1. The van der Waals surface area contributed by atoms with E-state index in [1.165, 1.54) is 15.3 Å². The molecule has 0 saturated carbocycles. The van der Waals surface area contributed by atoms with E-state index in [1.54, 1.807) is 11.3 Å². The van der Waals surface area contributed by atoms with Gasteiger partial charge in [0.2, 0.25) is 0 Å². The van der Waals surface area contributed by atoms with Gasteiger partial charge in [0, 0.05) is 38.1 Å². The molecule has 0 N–H and O–H groups in total. The highest BCUT2D eigenvalue weighted by Gasteiger charge is 2.19. The highest BCUT2D eigenvalue weighted by molar-refractivity contribution is 7.09. The van der Waals surface area contributed by atoms with Crippen molar-refractivity contribution >= 4 is 22.8 Å². The van der Waals surface area contributed by atoms with Crippen molar-refractivity contribution in [3.05, 3.63) is 28.2 Å². The molecule has 0 unspecified atom stereocenters. The molecule has 0 atom stereocenters. The Kier molecular flexibility index (Phi) is 3.88. The molecule has 0 radical (unpaired) electrons. The number of hydrogen-bond donors (Lipinski definition) is 0. The molecule has 3 aromatic heterocycles. The van der Waals surface area contributed by atoms with Crippen LogP contribution in [0, 0.1) is 0 Å². The lowest BCUT2D eigenvalue weighted by Gasteiger charge is -2.34. The largest absolute Gasteiger partial charge is 0.353 e. The summed E-state index contributed by atoms with van der Waals surface area (Å²) in [5, 5.41) is 19.2. The Balaban J connectivity index is 1.38. The van der Waals surface area contributed by atoms with Crippen molar-refractivity contribution in [2.24, 2.45) is 0 Å². The summed E-state index contributed by atoms with van der Waals surface area (Å²) >= 11 is 1.76. The molecular formula is C14H18N8S. The third-order valence-corrected chi connectivity index (χ3v) is 5.08. The molecule has 1 saturated heterocycles. The summed E-state index contributed by atoms with van der Waals surface area (Å²) < 4.78 is 1.48. The molecule has 0 aliphatic carbocycles. The molecule has 1 fully saturated rings. The Morgan fingerprint density at radius 3 is 2.83 bits per heavy atom. The summed E-state index contributed by atoms with van der Waals surface area (Å²) in [5.41, 5.74) is 1.86. The average molecular weight is 330 g/mol. The Hall–Kier alpha value is -2.13. The maximum Gasteiger partial charge on any atom is 0.200 e. The second kappa shape index (κ2) is 6.17. The van der Waals surface area contributed by atoms with Crippen LogP contribution in [0.4, 0.5) is 5.82 Å². The van der Waals surface area contributed by atoms with E-state index in [1.807, 2.05) is 12.1 Å². The summed E-state index contributed by atoms with van der Waals surface area (Å²) in [5.74, 6) is 0.923. The molecule has 0 spiro atoms. The molecule has 0 aromatic carbocycles. The van der Waals surface area contributed by atoms with Crippen LogP contribution >= 0.6 is 11.3 Å². The van der Waals surface area contributed by atoms with Gasteiger partial charge >= 0.3 is 0 Å². The zero-order valence-corrected chi connectivity index (χ0v) is 13.8. The molecule has 3 aromatic rings. The molecular weight excluding hydrogens is 312 g/mol. The Labute approximate surface area is 137 Å². The van der Waals surface area contributed by atoms with Crippen molar-refractivity contribution in [3.63, 3.8) is 0 Å². The summed E-state index contributed by atoms with van der Waals surface area (Å²) in [6.07, 6.45) is 1.02. The summed E-state index contributed by atoms with van der Waals surface area (Å²) in [7, 11) is 0.